The fraction of sp³-hybridized carbons (Fsp3) is 0.667. The number of likely N-dealkylation sites (tertiary alicyclic amines) is 2. The maximum Gasteiger partial charge on any atom is 0.317 e. The van der Waals surface area contributed by atoms with Crippen LogP contribution in [0.15, 0.2) is 24.4 Å². The number of nitrogens with one attached hydrogen (secondary N) is 1. The summed E-state index contributed by atoms with van der Waals surface area (Å²) in [6.45, 7) is 8.20. The number of urea groups is 1. The molecule has 2 aliphatic rings. The average molecular weight is 316 g/mol. The van der Waals surface area contributed by atoms with Crippen LogP contribution in [0.25, 0.3) is 0 Å². The number of hydrogen-bond donors (Lipinski definition) is 1. The first-order valence-corrected chi connectivity index (χ1v) is 8.88. The molecule has 2 aliphatic heterocycles. The molecule has 0 aliphatic carbocycles. The fourth-order valence-electron chi connectivity index (χ4n) is 3.55. The lowest BCUT2D eigenvalue weighted by atomic mass is 9.96. The lowest BCUT2D eigenvalue weighted by molar-refractivity contribution is 0.148. The zero-order valence-electron chi connectivity index (χ0n) is 14.1. The number of carbonyl (C=O) groups excluding carboxylic acids is 1. The third-order valence-electron chi connectivity index (χ3n) is 4.94. The molecule has 1 aromatic heterocycles. The summed E-state index contributed by atoms with van der Waals surface area (Å²) >= 11 is 0. The van der Waals surface area contributed by atoms with Crippen molar-refractivity contribution in [1.29, 1.82) is 0 Å². The van der Waals surface area contributed by atoms with E-state index in [2.05, 4.69) is 22.1 Å². The van der Waals surface area contributed by atoms with E-state index in [1.807, 2.05) is 29.3 Å². The van der Waals surface area contributed by atoms with Crippen molar-refractivity contribution in [3.63, 3.8) is 0 Å². The Morgan fingerprint density at radius 3 is 2.96 bits per heavy atom. The van der Waals surface area contributed by atoms with Gasteiger partial charge in [-0.05, 0) is 50.4 Å². The molecule has 126 valence electrons. The minimum absolute atomic E-state index is 0.0733. The highest BCUT2D eigenvalue weighted by atomic mass is 16.2. The number of amides is 2. The number of carbonyl (C=O) groups is 1. The Bertz CT molecular complexity index is 501. The first-order chi connectivity index (χ1) is 11.2. The van der Waals surface area contributed by atoms with Gasteiger partial charge in [0.1, 0.15) is 0 Å². The molecule has 5 nitrogen and oxygen atoms in total. The van der Waals surface area contributed by atoms with Crippen molar-refractivity contribution < 1.29 is 4.79 Å². The molecule has 3 rings (SSSR count). The van der Waals surface area contributed by atoms with Crippen LogP contribution >= 0.6 is 0 Å². The maximum absolute atomic E-state index is 12.1. The second-order valence-electron chi connectivity index (χ2n) is 6.99. The summed E-state index contributed by atoms with van der Waals surface area (Å²) in [5, 5.41) is 3.05. The van der Waals surface area contributed by atoms with Crippen molar-refractivity contribution >= 4 is 6.03 Å². The van der Waals surface area contributed by atoms with E-state index >= 15 is 0 Å². The van der Waals surface area contributed by atoms with Crippen LogP contribution in [0.5, 0.6) is 0 Å². The number of rotatable bonds is 5. The number of hydrogen-bond acceptors (Lipinski definition) is 3. The van der Waals surface area contributed by atoms with Crippen LogP contribution in [0.3, 0.4) is 0 Å². The van der Waals surface area contributed by atoms with E-state index in [0.29, 0.717) is 5.92 Å². The van der Waals surface area contributed by atoms with E-state index in [1.165, 1.54) is 25.9 Å². The zero-order valence-corrected chi connectivity index (χ0v) is 14.1. The van der Waals surface area contributed by atoms with Crippen LogP contribution in [-0.4, -0.2) is 60.1 Å². The monoisotopic (exact) mass is 316 g/mol. The number of piperidine rings is 1. The zero-order chi connectivity index (χ0) is 16.1. The van der Waals surface area contributed by atoms with Gasteiger partial charge in [-0.15, -0.1) is 0 Å². The van der Waals surface area contributed by atoms with Crippen molar-refractivity contribution in [2.24, 2.45) is 5.92 Å². The Hall–Kier alpha value is -1.62. The molecule has 0 aromatic carbocycles. The smallest absolute Gasteiger partial charge is 0.317 e. The molecule has 0 spiro atoms. The summed E-state index contributed by atoms with van der Waals surface area (Å²) in [4.78, 5) is 20.9. The number of nitrogens with zero attached hydrogens (tertiary/aromatic N) is 3. The molecular formula is C18H28N4O. The Labute approximate surface area is 139 Å². The normalized spacial score (nSPS) is 22.7. The van der Waals surface area contributed by atoms with Crippen LogP contribution < -0.4 is 5.32 Å². The third-order valence-corrected chi connectivity index (χ3v) is 4.94. The number of aromatic nitrogens is 1. The Balaban J connectivity index is 1.29. The van der Waals surface area contributed by atoms with Gasteiger partial charge in [0.15, 0.2) is 0 Å². The highest BCUT2D eigenvalue weighted by Gasteiger charge is 2.32. The minimum Gasteiger partial charge on any atom is -0.338 e. The second-order valence-corrected chi connectivity index (χ2v) is 6.99. The molecule has 0 bridgehead atoms. The van der Waals surface area contributed by atoms with E-state index in [-0.39, 0.29) is 6.03 Å². The van der Waals surface area contributed by atoms with Crippen molar-refractivity contribution in [2.45, 2.75) is 32.1 Å². The highest BCUT2D eigenvalue weighted by molar-refractivity contribution is 5.75. The lowest BCUT2D eigenvalue weighted by Crippen LogP contribution is -2.53. The minimum atomic E-state index is 0.0733. The summed E-state index contributed by atoms with van der Waals surface area (Å²) in [6.07, 6.45) is 5.53. The summed E-state index contributed by atoms with van der Waals surface area (Å²) < 4.78 is 0. The van der Waals surface area contributed by atoms with Crippen LogP contribution in [0.4, 0.5) is 4.79 Å². The third kappa shape index (κ3) is 4.44. The molecule has 23 heavy (non-hydrogen) atoms. The summed E-state index contributed by atoms with van der Waals surface area (Å²) in [5.41, 5.74) is 1.09. The molecule has 1 atom stereocenters. The van der Waals surface area contributed by atoms with Gasteiger partial charge in [0.05, 0.1) is 0 Å². The first kappa shape index (κ1) is 16.2. The summed E-state index contributed by atoms with van der Waals surface area (Å²) in [5.74, 6) is 1.22. The van der Waals surface area contributed by atoms with E-state index in [9.17, 15) is 4.79 Å². The topological polar surface area (TPSA) is 48.5 Å². The predicted molar refractivity (Wildman–Crippen MR) is 91.4 cm³/mol. The van der Waals surface area contributed by atoms with Gasteiger partial charge in [-0.2, -0.15) is 0 Å². The van der Waals surface area contributed by atoms with Gasteiger partial charge in [0, 0.05) is 44.0 Å². The van der Waals surface area contributed by atoms with E-state index in [4.69, 9.17) is 0 Å². The molecule has 2 saturated heterocycles. The van der Waals surface area contributed by atoms with Crippen LogP contribution in [0.1, 0.15) is 37.8 Å². The van der Waals surface area contributed by atoms with Gasteiger partial charge < -0.3 is 15.1 Å². The Morgan fingerprint density at radius 2 is 2.22 bits per heavy atom. The molecule has 0 saturated carbocycles. The summed E-state index contributed by atoms with van der Waals surface area (Å²) in [6, 6.07) is 6.05. The van der Waals surface area contributed by atoms with Gasteiger partial charge in [0.25, 0.3) is 0 Å². The standard InChI is InChI=1S/C18H28N4O/c1-15-6-4-10-21(12-15)11-5-9-20-18(23)22-13-16(14-22)17-7-2-3-8-19-17/h2-3,7-8,15-16H,4-6,9-14H2,1H3,(H,20,23)/t15-/m0/s1. The van der Waals surface area contributed by atoms with Crippen LogP contribution in [-0.2, 0) is 0 Å². The second kappa shape index (κ2) is 7.77. The fourth-order valence-corrected chi connectivity index (χ4v) is 3.55. The molecule has 0 radical (unpaired) electrons. The Morgan fingerprint density at radius 1 is 1.35 bits per heavy atom. The maximum atomic E-state index is 12.1. The van der Waals surface area contributed by atoms with Gasteiger partial charge >= 0.3 is 6.03 Å². The first-order valence-electron chi connectivity index (χ1n) is 8.88. The molecule has 1 aromatic rings. The predicted octanol–water partition coefficient (Wildman–Crippen LogP) is 2.31. The quantitative estimate of drug-likeness (QED) is 0.848. The van der Waals surface area contributed by atoms with Crippen molar-refractivity contribution in [1.82, 2.24) is 20.1 Å². The SMILES string of the molecule is C[C@H]1CCCN(CCCNC(=O)N2CC(c3ccccn3)C2)C1. The average Bonchev–Trinajstić information content (AvgIpc) is 2.51. The summed E-state index contributed by atoms with van der Waals surface area (Å²) in [7, 11) is 0. The van der Waals surface area contributed by atoms with Gasteiger partial charge in [0.2, 0.25) is 0 Å². The molecule has 2 amide bonds. The van der Waals surface area contributed by atoms with Gasteiger partial charge in [-0.1, -0.05) is 13.0 Å². The van der Waals surface area contributed by atoms with Crippen molar-refractivity contribution in [3.05, 3.63) is 30.1 Å². The molecule has 0 unspecified atom stereocenters. The molecule has 5 heteroatoms. The molecular weight excluding hydrogens is 288 g/mol. The van der Waals surface area contributed by atoms with E-state index in [0.717, 1.165) is 44.2 Å². The Kier molecular flexibility index (Phi) is 5.49. The molecule has 1 N–H and O–H groups in total. The van der Waals surface area contributed by atoms with Crippen LogP contribution in [0.2, 0.25) is 0 Å². The van der Waals surface area contributed by atoms with Crippen molar-refractivity contribution in [3.8, 4) is 0 Å². The van der Waals surface area contributed by atoms with Crippen molar-refractivity contribution in [2.75, 3.05) is 39.3 Å². The van der Waals surface area contributed by atoms with E-state index < -0.39 is 0 Å². The van der Waals surface area contributed by atoms with Gasteiger partial charge in [-0.3, -0.25) is 4.98 Å². The van der Waals surface area contributed by atoms with Crippen LogP contribution in [0, 0.1) is 5.92 Å². The molecule has 2 fully saturated rings. The number of pyridine rings is 1. The largest absolute Gasteiger partial charge is 0.338 e. The lowest BCUT2D eigenvalue weighted by Gasteiger charge is -2.38. The highest BCUT2D eigenvalue weighted by Crippen LogP contribution is 2.24. The van der Waals surface area contributed by atoms with E-state index in [1.54, 1.807) is 0 Å². The molecule has 3 heterocycles. The van der Waals surface area contributed by atoms with Gasteiger partial charge in [-0.25, -0.2) is 4.79 Å².